The molecule has 162 valence electrons. The molecule has 0 saturated carbocycles. The highest BCUT2D eigenvalue weighted by Gasteiger charge is 2.21. The van der Waals surface area contributed by atoms with Crippen LogP contribution in [0.5, 0.6) is 11.5 Å². The van der Waals surface area contributed by atoms with Crippen molar-refractivity contribution >= 4 is 28.2 Å². The summed E-state index contributed by atoms with van der Waals surface area (Å²) < 4.78 is 12.7. The van der Waals surface area contributed by atoms with Crippen LogP contribution in [-0.4, -0.2) is 35.4 Å². The Balaban J connectivity index is 1.27. The zero-order valence-corrected chi connectivity index (χ0v) is 18.3. The van der Waals surface area contributed by atoms with Crippen molar-refractivity contribution < 1.29 is 9.47 Å². The van der Waals surface area contributed by atoms with Crippen LogP contribution in [0.15, 0.2) is 47.3 Å². The van der Waals surface area contributed by atoms with Gasteiger partial charge in [0, 0.05) is 54.4 Å². The van der Waals surface area contributed by atoms with Gasteiger partial charge >= 0.3 is 0 Å². The molecule has 0 radical (unpaired) electrons. The number of hydrogen-bond acceptors (Lipinski definition) is 5. The second kappa shape index (κ2) is 8.44. The fourth-order valence-electron chi connectivity index (χ4n) is 4.56. The van der Waals surface area contributed by atoms with Crippen molar-refractivity contribution in [3.05, 3.63) is 63.4 Å². The summed E-state index contributed by atoms with van der Waals surface area (Å²) in [5.41, 5.74) is 3.04. The van der Waals surface area contributed by atoms with Gasteiger partial charge in [0.05, 0.1) is 5.52 Å². The van der Waals surface area contributed by atoms with Gasteiger partial charge in [0.2, 0.25) is 6.79 Å². The van der Waals surface area contributed by atoms with Crippen molar-refractivity contribution in [3.63, 3.8) is 0 Å². The number of nitrogens with one attached hydrogen (secondary N) is 1. The molecule has 0 spiro atoms. The SMILES string of the molecule is CCn1c(=O)cc(NC2CCN(Cc3ccc4c(c3)OCO4)CC2)c2cc(Cl)ccc21. The van der Waals surface area contributed by atoms with Crippen LogP contribution in [0.2, 0.25) is 5.02 Å². The maximum Gasteiger partial charge on any atom is 0.253 e. The molecule has 0 unspecified atom stereocenters. The fourth-order valence-corrected chi connectivity index (χ4v) is 4.73. The standard InChI is InChI=1S/C24H26ClN3O3/c1-2-28-21-5-4-17(25)12-19(21)20(13-24(28)29)26-18-7-9-27(10-8-18)14-16-3-6-22-23(11-16)31-15-30-22/h3-6,11-13,18,26H,2,7-10,14-15H2,1H3. The third kappa shape index (κ3) is 4.10. The predicted molar refractivity (Wildman–Crippen MR) is 123 cm³/mol. The number of halogens is 1. The third-order valence-electron chi connectivity index (χ3n) is 6.18. The number of aryl methyl sites for hydroxylation is 1. The van der Waals surface area contributed by atoms with Gasteiger partial charge in [-0.1, -0.05) is 17.7 Å². The molecule has 1 fully saturated rings. The molecule has 31 heavy (non-hydrogen) atoms. The summed E-state index contributed by atoms with van der Waals surface area (Å²) in [5, 5.41) is 5.30. The first-order valence-electron chi connectivity index (χ1n) is 10.8. The van der Waals surface area contributed by atoms with Crippen LogP contribution in [0.4, 0.5) is 5.69 Å². The molecule has 2 aromatic carbocycles. The van der Waals surface area contributed by atoms with Gasteiger partial charge in [-0.3, -0.25) is 9.69 Å². The highest BCUT2D eigenvalue weighted by molar-refractivity contribution is 6.31. The van der Waals surface area contributed by atoms with E-state index < -0.39 is 0 Å². The molecule has 2 aliphatic rings. The van der Waals surface area contributed by atoms with Crippen LogP contribution in [0, 0.1) is 0 Å². The van der Waals surface area contributed by atoms with E-state index >= 15 is 0 Å². The van der Waals surface area contributed by atoms with E-state index in [1.165, 1.54) is 5.56 Å². The number of ether oxygens (including phenoxy) is 2. The molecular weight excluding hydrogens is 414 g/mol. The van der Waals surface area contributed by atoms with E-state index in [9.17, 15) is 4.79 Å². The first kappa shape index (κ1) is 20.2. The van der Waals surface area contributed by atoms with E-state index in [2.05, 4.69) is 22.3 Å². The molecule has 2 aliphatic heterocycles. The Bertz CT molecular complexity index is 1170. The Labute approximate surface area is 186 Å². The van der Waals surface area contributed by atoms with Crippen LogP contribution < -0.4 is 20.3 Å². The van der Waals surface area contributed by atoms with E-state index in [0.29, 0.717) is 24.4 Å². The predicted octanol–water partition coefficient (Wildman–Crippen LogP) is 4.48. The lowest BCUT2D eigenvalue weighted by Gasteiger charge is -2.33. The molecule has 3 heterocycles. The summed E-state index contributed by atoms with van der Waals surface area (Å²) in [6.07, 6.45) is 2.03. The number of anilines is 1. The maximum absolute atomic E-state index is 12.6. The second-order valence-corrected chi connectivity index (χ2v) is 8.62. The third-order valence-corrected chi connectivity index (χ3v) is 6.42. The minimum absolute atomic E-state index is 0.0140. The fraction of sp³-hybridized carbons (Fsp3) is 0.375. The quantitative estimate of drug-likeness (QED) is 0.635. The molecule has 0 amide bonds. The monoisotopic (exact) mass is 439 g/mol. The second-order valence-electron chi connectivity index (χ2n) is 8.18. The zero-order chi connectivity index (χ0) is 21.4. The Morgan fingerprint density at radius 1 is 1.06 bits per heavy atom. The molecule has 1 aromatic heterocycles. The summed E-state index contributed by atoms with van der Waals surface area (Å²) >= 11 is 6.26. The van der Waals surface area contributed by atoms with Crippen LogP contribution >= 0.6 is 11.6 Å². The van der Waals surface area contributed by atoms with Gasteiger partial charge in [-0.25, -0.2) is 0 Å². The average molecular weight is 440 g/mol. The first-order valence-corrected chi connectivity index (χ1v) is 11.2. The highest BCUT2D eigenvalue weighted by Crippen LogP contribution is 2.33. The summed E-state index contributed by atoms with van der Waals surface area (Å²) in [6, 6.07) is 13.9. The molecule has 0 bridgehead atoms. The smallest absolute Gasteiger partial charge is 0.253 e. The minimum Gasteiger partial charge on any atom is -0.454 e. The molecule has 1 N–H and O–H groups in total. The van der Waals surface area contributed by atoms with Gasteiger partial charge in [0.25, 0.3) is 5.56 Å². The Kier molecular flexibility index (Phi) is 5.50. The van der Waals surface area contributed by atoms with Gasteiger partial charge in [-0.2, -0.15) is 0 Å². The highest BCUT2D eigenvalue weighted by atomic mass is 35.5. The molecule has 5 rings (SSSR count). The number of piperidine rings is 1. The van der Waals surface area contributed by atoms with Gasteiger partial charge in [-0.05, 0) is 55.7 Å². The van der Waals surface area contributed by atoms with Crippen molar-refractivity contribution in [3.8, 4) is 11.5 Å². The Morgan fingerprint density at radius 3 is 2.68 bits per heavy atom. The maximum atomic E-state index is 12.6. The van der Waals surface area contributed by atoms with Gasteiger partial charge in [-0.15, -0.1) is 0 Å². The lowest BCUT2D eigenvalue weighted by Crippen LogP contribution is -2.39. The van der Waals surface area contributed by atoms with Crippen LogP contribution in [0.1, 0.15) is 25.3 Å². The van der Waals surface area contributed by atoms with Crippen molar-refractivity contribution in [2.75, 3.05) is 25.2 Å². The number of hydrogen-bond donors (Lipinski definition) is 1. The van der Waals surface area contributed by atoms with E-state index in [4.69, 9.17) is 21.1 Å². The van der Waals surface area contributed by atoms with E-state index in [-0.39, 0.29) is 5.56 Å². The molecule has 7 heteroatoms. The first-order chi connectivity index (χ1) is 15.1. The summed E-state index contributed by atoms with van der Waals surface area (Å²) in [6.45, 7) is 5.81. The molecule has 0 aliphatic carbocycles. The van der Waals surface area contributed by atoms with Crippen LogP contribution in [-0.2, 0) is 13.1 Å². The number of aromatic nitrogens is 1. The lowest BCUT2D eigenvalue weighted by molar-refractivity contribution is 0.173. The minimum atomic E-state index is 0.0140. The molecule has 0 atom stereocenters. The Morgan fingerprint density at radius 2 is 1.87 bits per heavy atom. The number of likely N-dealkylation sites (tertiary alicyclic amines) is 1. The molecule has 1 saturated heterocycles. The zero-order valence-electron chi connectivity index (χ0n) is 17.6. The van der Waals surface area contributed by atoms with E-state index in [0.717, 1.165) is 60.6 Å². The van der Waals surface area contributed by atoms with E-state index in [1.54, 1.807) is 10.6 Å². The number of benzene rings is 2. The Hall–Kier alpha value is -2.70. The number of rotatable bonds is 5. The van der Waals surface area contributed by atoms with Crippen molar-refractivity contribution in [1.29, 1.82) is 0 Å². The molecule has 6 nitrogen and oxygen atoms in total. The molecular formula is C24H26ClN3O3. The lowest BCUT2D eigenvalue weighted by atomic mass is 10.0. The van der Waals surface area contributed by atoms with Crippen LogP contribution in [0.3, 0.4) is 0 Å². The number of nitrogens with zero attached hydrogens (tertiary/aromatic N) is 2. The van der Waals surface area contributed by atoms with Gasteiger partial charge < -0.3 is 19.4 Å². The van der Waals surface area contributed by atoms with Gasteiger partial charge in [0.1, 0.15) is 0 Å². The van der Waals surface area contributed by atoms with E-state index in [1.807, 2.05) is 31.2 Å². The summed E-state index contributed by atoms with van der Waals surface area (Å²) in [7, 11) is 0. The summed E-state index contributed by atoms with van der Waals surface area (Å²) in [5.74, 6) is 1.66. The average Bonchev–Trinajstić information content (AvgIpc) is 3.23. The van der Waals surface area contributed by atoms with Gasteiger partial charge in [0.15, 0.2) is 11.5 Å². The van der Waals surface area contributed by atoms with Crippen molar-refractivity contribution in [2.45, 2.75) is 38.9 Å². The topological polar surface area (TPSA) is 55.7 Å². The summed E-state index contributed by atoms with van der Waals surface area (Å²) in [4.78, 5) is 15.1. The normalized spacial score (nSPS) is 16.7. The van der Waals surface area contributed by atoms with Crippen LogP contribution in [0.25, 0.3) is 10.9 Å². The number of fused-ring (bicyclic) bond motifs is 2. The molecule has 3 aromatic rings. The van der Waals surface area contributed by atoms with Crippen molar-refractivity contribution in [1.82, 2.24) is 9.47 Å². The number of pyridine rings is 1. The van der Waals surface area contributed by atoms with Crippen molar-refractivity contribution in [2.24, 2.45) is 0 Å². The largest absolute Gasteiger partial charge is 0.454 e.